The number of hydrogen-bond acceptors (Lipinski definition) is 3. The van der Waals surface area contributed by atoms with Gasteiger partial charge in [-0.25, -0.2) is 0 Å². The summed E-state index contributed by atoms with van der Waals surface area (Å²) in [4.78, 5) is 0. The van der Waals surface area contributed by atoms with Crippen LogP contribution in [0, 0.1) is 0 Å². The van der Waals surface area contributed by atoms with Crippen molar-refractivity contribution in [2.45, 2.75) is 39.7 Å². The van der Waals surface area contributed by atoms with E-state index in [4.69, 9.17) is 15.2 Å². The summed E-state index contributed by atoms with van der Waals surface area (Å²) >= 11 is 0. The van der Waals surface area contributed by atoms with E-state index in [0.717, 1.165) is 29.9 Å². The monoisotopic (exact) mass is 237 g/mol. The first-order valence-corrected chi connectivity index (χ1v) is 6.35. The molecule has 0 saturated heterocycles. The molecule has 0 aliphatic rings. The summed E-state index contributed by atoms with van der Waals surface area (Å²) in [6, 6.07) is 6.16. The maximum absolute atomic E-state index is 5.98. The Morgan fingerprint density at radius 3 is 2.41 bits per heavy atom. The first-order chi connectivity index (χ1) is 8.21. The van der Waals surface area contributed by atoms with Crippen molar-refractivity contribution in [3.8, 4) is 11.5 Å². The molecule has 1 rings (SSSR count). The Bertz CT molecular complexity index is 339. The van der Waals surface area contributed by atoms with E-state index in [0.29, 0.717) is 13.2 Å². The average Bonchev–Trinajstić information content (AvgIpc) is 2.33. The van der Waals surface area contributed by atoms with E-state index in [9.17, 15) is 0 Å². The third-order valence-electron chi connectivity index (χ3n) is 2.66. The molecule has 0 spiro atoms. The Balaban J connectivity index is 2.87. The summed E-state index contributed by atoms with van der Waals surface area (Å²) in [6.07, 6.45) is 1.82. The van der Waals surface area contributed by atoms with Crippen LogP contribution < -0.4 is 15.2 Å². The molecule has 1 aromatic carbocycles. The Hall–Kier alpha value is -1.22. The molecule has 0 heterocycles. The zero-order valence-electron chi connectivity index (χ0n) is 11.0. The van der Waals surface area contributed by atoms with Crippen LogP contribution in [0.4, 0.5) is 0 Å². The second-order valence-corrected chi connectivity index (χ2v) is 4.01. The van der Waals surface area contributed by atoms with Crippen LogP contribution in [-0.4, -0.2) is 19.3 Å². The number of hydrogen-bond donors (Lipinski definition) is 1. The van der Waals surface area contributed by atoms with Gasteiger partial charge in [-0.05, 0) is 38.3 Å². The highest BCUT2D eigenvalue weighted by atomic mass is 16.5. The lowest BCUT2D eigenvalue weighted by Crippen LogP contribution is -2.21. The molecule has 3 heteroatoms. The summed E-state index contributed by atoms with van der Waals surface area (Å²) in [5, 5.41) is 0. The fourth-order valence-electron chi connectivity index (χ4n) is 1.68. The molecule has 2 N–H and O–H groups in total. The van der Waals surface area contributed by atoms with Crippen LogP contribution >= 0.6 is 0 Å². The van der Waals surface area contributed by atoms with Crippen LogP contribution in [-0.2, 0) is 6.42 Å². The summed E-state index contributed by atoms with van der Waals surface area (Å²) in [5.74, 6) is 1.74. The predicted octanol–water partition coefficient (Wildman–Crippen LogP) is 2.76. The van der Waals surface area contributed by atoms with E-state index in [-0.39, 0.29) is 6.04 Å². The van der Waals surface area contributed by atoms with Gasteiger partial charge < -0.3 is 15.2 Å². The van der Waals surface area contributed by atoms with E-state index in [2.05, 4.69) is 6.92 Å². The molecule has 3 nitrogen and oxygen atoms in total. The van der Waals surface area contributed by atoms with Crippen LogP contribution in [0.3, 0.4) is 0 Å². The van der Waals surface area contributed by atoms with Crippen molar-refractivity contribution in [1.82, 2.24) is 0 Å². The van der Waals surface area contributed by atoms with Crippen molar-refractivity contribution in [3.63, 3.8) is 0 Å². The molecule has 17 heavy (non-hydrogen) atoms. The maximum atomic E-state index is 5.98. The topological polar surface area (TPSA) is 44.5 Å². The average molecular weight is 237 g/mol. The highest BCUT2D eigenvalue weighted by molar-refractivity contribution is 5.41. The number of nitrogens with two attached hydrogens (primary N) is 1. The third-order valence-corrected chi connectivity index (χ3v) is 2.66. The lowest BCUT2D eigenvalue weighted by atomic mass is 10.0. The highest BCUT2D eigenvalue weighted by Gasteiger charge is 2.09. The van der Waals surface area contributed by atoms with Crippen LogP contribution in [0.15, 0.2) is 18.2 Å². The largest absolute Gasteiger partial charge is 0.494 e. The van der Waals surface area contributed by atoms with Crippen LogP contribution in [0.5, 0.6) is 11.5 Å². The molecule has 0 aliphatic carbocycles. The molecule has 1 atom stereocenters. The van der Waals surface area contributed by atoms with Crippen molar-refractivity contribution in [2.24, 2.45) is 5.73 Å². The molecule has 0 aliphatic heterocycles. The smallest absolute Gasteiger partial charge is 0.126 e. The van der Waals surface area contributed by atoms with Gasteiger partial charge in [-0.3, -0.25) is 0 Å². The number of rotatable bonds is 7. The molecular weight excluding hydrogens is 214 g/mol. The Morgan fingerprint density at radius 1 is 1.12 bits per heavy atom. The fourth-order valence-corrected chi connectivity index (χ4v) is 1.68. The van der Waals surface area contributed by atoms with E-state index in [1.54, 1.807) is 0 Å². The van der Waals surface area contributed by atoms with Gasteiger partial charge in [-0.1, -0.05) is 13.0 Å². The number of benzene rings is 1. The van der Waals surface area contributed by atoms with Crippen molar-refractivity contribution in [2.75, 3.05) is 13.2 Å². The maximum Gasteiger partial charge on any atom is 0.126 e. The first kappa shape index (κ1) is 13.8. The van der Waals surface area contributed by atoms with Crippen molar-refractivity contribution in [3.05, 3.63) is 23.8 Å². The lowest BCUT2D eigenvalue weighted by Gasteiger charge is -2.15. The Morgan fingerprint density at radius 2 is 1.82 bits per heavy atom. The van der Waals surface area contributed by atoms with E-state index >= 15 is 0 Å². The van der Waals surface area contributed by atoms with Crippen LogP contribution in [0.1, 0.15) is 32.8 Å². The summed E-state index contributed by atoms with van der Waals surface area (Å²) in [7, 11) is 0. The van der Waals surface area contributed by atoms with Gasteiger partial charge in [-0.15, -0.1) is 0 Å². The summed E-state index contributed by atoms with van der Waals surface area (Å²) in [5.41, 5.74) is 7.14. The van der Waals surface area contributed by atoms with Gasteiger partial charge >= 0.3 is 0 Å². The molecule has 0 amide bonds. The quantitative estimate of drug-likeness (QED) is 0.793. The van der Waals surface area contributed by atoms with Crippen LogP contribution in [0.25, 0.3) is 0 Å². The molecule has 0 bridgehead atoms. The fraction of sp³-hybridized carbons (Fsp3) is 0.571. The third kappa shape index (κ3) is 4.27. The zero-order chi connectivity index (χ0) is 12.7. The molecule has 0 radical (unpaired) electrons. The SMILES string of the molecule is CCOc1ccc(CC(N)CC)c(OCC)c1. The summed E-state index contributed by atoms with van der Waals surface area (Å²) < 4.78 is 11.1. The van der Waals surface area contributed by atoms with Gasteiger partial charge in [0, 0.05) is 12.1 Å². The molecular formula is C14H23NO2. The molecule has 96 valence electrons. The van der Waals surface area contributed by atoms with Crippen molar-refractivity contribution < 1.29 is 9.47 Å². The van der Waals surface area contributed by atoms with E-state index in [1.165, 1.54) is 0 Å². The van der Waals surface area contributed by atoms with E-state index in [1.807, 2.05) is 32.0 Å². The number of ether oxygens (including phenoxy) is 2. The lowest BCUT2D eigenvalue weighted by molar-refractivity contribution is 0.320. The Kier molecular flexibility index (Phi) is 5.84. The predicted molar refractivity (Wildman–Crippen MR) is 70.8 cm³/mol. The van der Waals surface area contributed by atoms with Gasteiger partial charge in [-0.2, -0.15) is 0 Å². The minimum Gasteiger partial charge on any atom is -0.494 e. The minimum absolute atomic E-state index is 0.187. The van der Waals surface area contributed by atoms with Gasteiger partial charge in [0.15, 0.2) is 0 Å². The summed E-state index contributed by atoms with van der Waals surface area (Å²) in [6.45, 7) is 7.38. The minimum atomic E-state index is 0.187. The molecule has 1 unspecified atom stereocenters. The van der Waals surface area contributed by atoms with Crippen molar-refractivity contribution in [1.29, 1.82) is 0 Å². The second-order valence-electron chi connectivity index (χ2n) is 4.01. The zero-order valence-corrected chi connectivity index (χ0v) is 11.0. The Labute approximate surface area is 104 Å². The van der Waals surface area contributed by atoms with Gasteiger partial charge in [0.25, 0.3) is 0 Å². The van der Waals surface area contributed by atoms with Gasteiger partial charge in [0.1, 0.15) is 11.5 Å². The van der Waals surface area contributed by atoms with Gasteiger partial charge in [0.2, 0.25) is 0 Å². The van der Waals surface area contributed by atoms with Gasteiger partial charge in [0.05, 0.1) is 13.2 Å². The first-order valence-electron chi connectivity index (χ1n) is 6.35. The van der Waals surface area contributed by atoms with E-state index < -0.39 is 0 Å². The molecule has 0 fully saturated rings. The standard InChI is InChI=1S/C14H23NO2/c1-4-12(15)9-11-7-8-13(16-5-2)10-14(11)17-6-3/h7-8,10,12H,4-6,9,15H2,1-3H3. The molecule has 1 aromatic rings. The van der Waals surface area contributed by atoms with Crippen LogP contribution in [0.2, 0.25) is 0 Å². The second kappa shape index (κ2) is 7.17. The molecule has 0 aromatic heterocycles. The van der Waals surface area contributed by atoms with Crippen molar-refractivity contribution >= 4 is 0 Å². The molecule has 0 saturated carbocycles. The highest BCUT2D eigenvalue weighted by Crippen LogP contribution is 2.26. The normalized spacial score (nSPS) is 12.2.